The number of carbonyl (C=O) groups excluding carboxylic acids is 1. The monoisotopic (exact) mass is 472 g/mol. The number of ketones is 1. The van der Waals surface area contributed by atoms with Crippen LogP contribution in [0.15, 0.2) is 72.8 Å². The molecule has 0 fully saturated rings. The van der Waals surface area contributed by atoms with Crippen molar-refractivity contribution in [2.24, 2.45) is 0 Å². The van der Waals surface area contributed by atoms with Crippen molar-refractivity contribution in [3.05, 3.63) is 105 Å². The van der Waals surface area contributed by atoms with E-state index in [4.69, 9.17) is 9.84 Å². The molecule has 0 spiro atoms. The Morgan fingerprint density at radius 2 is 1.68 bits per heavy atom. The largest absolute Gasteiger partial charge is 0.479 e. The Balaban J connectivity index is 1.49. The lowest BCUT2D eigenvalue weighted by Gasteiger charge is -2.10. The first-order valence-electron chi connectivity index (χ1n) is 11.5. The van der Waals surface area contributed by atoms with Crippen LogP contribution in [-0.4, -0.2) is 23.0 Å². The van der Waals surface area contributed by atoms with Gasteiger partial charge in [0.05, 0.1) is 11.5 Å². The molecule has 1 aromatic heterocycles. The van der Waals surface area contributed by atoms with Gasteiger partial charge in [-0.2, -0.15) is 0 Å². The molecule has 3 aromatic carbocycles. The molecule has 0 aliphatic heterocycles. The van der Waals surface area contributed by atoms with E-state index in [1.807, 2.05) is 55.5 Å². The third kappa shape index (κ3) is 5.61. The molecule has 0 amide bonds. The van der Waals surface area contributed by atoms with Crippen LogP contribution in [0.5, 0.6) is 0 Å². The van der Waals surface area contributed by atoms with Gasteiger partial charge in [0.25, 0.3) is 0 Å². The number of aryl methyl sites for hydroxylation is 3. The molecule has 5 heteroatoms. The number of carboxylic acid groups (broad SMARTS) is 1. The number of hydrogen-bond donors (Lipinski definition) is 1. The number of ether oxygens (including phenoxy) is 1. The fraction of sp³-hybridized carbons (Fsp3) is 0.241. The van der Waals surface area contributed by atoms with Crippen LogP contribution in [0, 0.1) is 6.92 Å². The minimum atomic E-state index is -0.963. The van der Waals surface area contributed by atoms with Gasteiger partial charge in [-0.1, -0.05) is 72.3 Å². The quantitative estimate of drug-likeness (QED) is 0.264. The lowest BCUT2D eigenvalue weighted by atomic mass is 9.98. The third-order valence-electron chi connectivity index (χ3n) is 5.95. The van der Waals surface area contributed by atoms with Crippen molar-refractivity contribution < 1.29 is 19.4 Å². The van der Waals surface area contributed by atoms with E-state index in [2.05, 4.69) is 24.3 Å². The van der Waals surface area contributed by atoms with E-state index in [1.165, 1.54) is 12.5 Å². The second kappa shape index (κ2) is 10.8. The zero-order chi connectivity index (χ0) is 24.1. The zero-order valence-corrected chi connectivity index (χ0v) is 20.2. The molecule has 0 aliphatic rings. The van der Waals surface area contributed by atoms with Crippen LogP contribution in [-0.2, 0) is 29.0 Å². The average Bonchev–Trinajstić information content (AvgIpc) is 3.21. The van der Waals surface area contributed by atoms with Gasteiger partial charge < -0.3 is 9.84 Å². The highest BCUT2D eigenvalue weighted by Crippen LogP contribution is 2.34. The van der Waals surface area contributed by atoms with Gasteiger partial charge >= 0.3 is 5.97 Å². The van der Waals surface area contributed by atoms with Crippen molar-refractivity contribution in [2.75, 3.05) is 0 Å². The van der Waals surface area contributed by atoms with Gasteiger partial charge in [-0.25, -0.2) is 4.79 Å². The van der Waals surface area contributed by atoms with Crippen LogP contribution in [0.25, 0.3) is 10.1 Å². The number of benzene rings is 3. The molecule has 4 nitrogen and oxygen atoms in total. The van der Waals surface area contributed by atoms with Crippen LogP contribution >= 0.6 is 11.3 Å². The second-order valence-electron chi connectivity index (χ2n) is 8.57. The van der Waals surface area contributed by atoms with Gasteiger partial charge in [-0.3, -0.25) is 4.79 Å². The first-order chi connectivity index (χ1) is 16.4. The number of hydrogen-bond acceptors (Lipinski definition) is 4. The van der Waals surface area contributed by atoms with E-state index in [9.17, 15) is 9.59 Å². The first-order valence-corrected chi connectivity index (χ1v) is 12.3. The van der Waals surface area contributed by atoms with Crippen molar-refractivity contribution in [1.29, 1.82) is 0 Å². The Bertz CT molecular complexity index is 1300. The molecular formula is C29H28O4S. The summed E-state index contributed by atoms with van der Waals surface area (Å²) in [7, 11) is 0. The molecule has 1 N–H and O–H groups in total. The first kappa shape index (κ1) is 23.9. The molecule has 0 unspecified atom stereocenters. The second-order valence-corrected chi connectivity index (χ2v) is 9.62. The Morgan fingerprint density at radius 1 is 0.941 bits per heavy atom. The molecule has 0 radical (unpaired) electrons. The maximum absolute atomic E-state index is 13.4. The SMILES string of the molecule is Cc1ccc(C(=O)c2sc3ccccc3c2CCCc2cccc(CO[C@@H](C)C(=O)O)c2)cc1. The summed E-state index contributed by atoms with van der Waals surface area (Å²) < 4.78 is 6.55. The molecule has 34 heavy (non-hydrogen) atoms. The molecule has 4 rings (SSSR count). The number of fused-ring (bicyclic) bond motifs is 1. The number of carbonyl (C=O) groups is 2. The van der Waals surface area contributed by atoms with Crippen LogP contribution in [0.1, 0.15) is 50.8 Å². The molecule has 0 bridgehead atoms. The summed E-state index contributed by atoms with van der Waals surface area (Å²) in [6, 6.07) is 24.1. The van der Waals surface area contributed by atoms with E-state index in [-0.39, 0.29) is 12.4 Å². The molecule has 1 heterocycles. The van der Waals surface area contributed by atoms with Gasteiger partial charge in [0.15, 0.2) is 6.10 Å². The van der Waals surface area contributed by atoms with E-state index in [1.54, 1.807) is 11.3 Å². The molecule has 1 atom stereocenters. The number of thiophene rings is 1. The molecule has 0 saturated carbocycles. The number of rotatable bonds is 10. The van der Waals surface area contributed by atoms with Crippen molar-refractivity contribution in [3.8, 4) is 0 Å². The summed E-state index contributed by atoms with van der Waals surface area (Å²) in [6.45, 7) is 3.82. The van der Waals surface area contributed by atoms with E-state index >= 15 is 0 Å². The van der Waals surface area contributed by atoms with Gasteiger partial charge in [-0.15, -0.1) is 11.3 Å². The summed E-state index contributed by atoms with van der Waals surface area (Å²) in [5.74, 6) is -0.877. The lowest BCUT2D eigenvalue weighted by Crippen LogP contribution is -2.19. The van der Waals surface area contributed by atoms with Crippen LogP contribution in [0.4, 0.5) is 0 Å². The maximum atomic E-state index is 13.4. The lowest BCUT2D eigenvalue weighted by molar-refractivity contribution is -0.149. The fourth-order valence-corrected chi connectivity index (χ4v) is 5.22. The summed E-state index contributed by atoms with van der Waals surface area (Å²) in [4.78, 5) is 25.2. The zero-order valence-electron chi connectivity index (χ0n) is 19.4. The number of carboxylic acids is 1. The minimum Gasteiger partial charge on any atom is -0.479 e. The van der Waals surface area contributed by atoms with Crippen LogP contribution < -0.4 is 0 Å². The minimum absolute atomic E-state index is 0.0860. The van der Waals surface area contributed by atoms with Crippen molar-refractivity contribution in [1.82, 2.24) is 0 Å². The Morgan fingerprint density at radius 3 is 2.44 bits per heavy atom. The molecule has 174 valence electrons. The van der Waals surface area contributed by atoms with E-state index < -0.39 is 12.1 Å². The summed E-state index contributed by atoms with van der Waals surface area (Å²) >= 11 is 1.58. The Hall–Kier alpha value is -3.28. The summed E-state index contributed by atoms with van der Waals surface area (Å²) in [6.07, 6.45) is 1.75. The van der Waals surface area contributed by atoms with E-state index in [0.717, 1.165) is 56.5 Å². The molecular weight excluding hydrogens is 444 g/mol. The highest BCUT2D eigenvalue weighted by atomic mass is 32.1. The van der Waals surface area contributed by atoms with Crippen molar-refractivity contribution >= 4 is 33.2 Å². The highest BCUT2D eigenvalue weighted by Gasteiger charge is 2.19. The Kier molecular flexibility index (Phi) is 7.56. The van der Waals surface area contributed by atoms with Crippen LogP contribution in [0.2, 0.25) is 0 Å². The molecule has 0 saturated heterocycles. The highest BCUT2D eigenvalue weighted by molar-refractivity contribution is 7.21. The van der Waals surface area contributed by atoms with Crippen molar-refractivity contribution in [2.45, 2.75) is 45.8 Å². The number of aliphatic carboxylic acids is 1. The average molecular weight is 473 g/mol. The topological polar surface area (TPSA) is 63.6 Å². The van der Waals surface area contributed by atoms with Gasteiger partial charge in [0, 0.05) is 10.3 Å². The molecule has 0 aliphatic carbocycles. The fourth-order valence-electron chi connectivity index (χ4n) is 4.00. The van der Waals surface area contributed by atoms with E-state index in [0.29, 0.717) is 0 Å². The van der Waals surface area contributed by atoms with Crippen LogP contribution in [0.3, 0.4) is 0 Å². The normalized spacial score (nSPS) is 12.1. The third-order valence-corrected chi connectivity index (χ3v) is 7.16. The predicted molar refractivity (Wildman–Crippen MR) is 137 cm³/mol. The predicted octanol–water partition coefficient (Wildman–Crippen LogP) is 6.61. The summed E-state index contributed by atoms with van der Waals surface area (Å²) in [5.41, 5.74) is 5.12. The standard InChI is InChI=1S/C29H28O4S/c1-19-13-15-23(16-14-19)27(30)28-25(24-10-3-4-12-26(24)34-28)11-6-8-21-7-5-9-22(17-21)18-33-20(2)29(31)32/h3-5,7,9-10,12-17,20H,6,8,11,18H2,1-2H3,(H,31,32)/t20-/m0/s1. The Labute approximate surface area is 203 Å². The van der Waals surface area contributed by atoms with Gasteiger partial charge in [-0.05, 0) is 61.3 Å². The summed E-state index contributed by atoms with van der Waals surface area (Å²) in [5, 5.41) is 10.2. The van der Waals surface area contributed by atoms with Crippen molar-refractivity contribution in [3.63, 3.8) is 0 Å². The molecule has 4 aromatic rings. The van der Waals surface area contributed by atoms with Gasteiger partial charge in [0.2, 0.25) is 5.78 Å². The maximum Gasteiger partial charge on any atom is 0.332 e. The smallest absolute Gasteiger partial charge is 0.332 e. The van der Waals surface area contributed by atoms with Gasteiger partial charge in [0.1, 0.15) is 0 Å².